The van der Waals surface area contributed by atoms with Gasteiger partial charge in [-0.2, -0.15) is 18.3 Å². The first-order valence-electron chi connectivity index (χ1n) is 9.07. The normalized spacial score (nSPS) is 16.5. The maximum absolute atomic E-state index is 13.0. The minimum atomic E-state index is -4.62. The molecular weight excluding hydrogens is 419 g/mol. The number of para-hydroxylation sites is 1. The van der Waals surface area contributed by atoms with Crippen LogP contribution in [0.3, 0.4) is 0 Å². The lowest BCUT2D eigenvalue weighted by atomic mass is 10.0. The largest absolute Gasteiger partial charge is 0.443 e. The van der Waals surface area contributed by atoms with E-state index in [-0.39, 0.29) is 18.0 Å². The monoisotopic (exact) mass is 435 g/mol. The van der Waals surface area contributed by atoms with Gasteiger partial charge < -0.3 is 5.32 Å². The first-order valence-corrected chi connectivity index (χ1v) is 9.95. The predicted octanol–water partition coefficient (Wildman–Crippen LogP) is 3.06. The summed E-state index contributed by atoms with van der Waals surface area (Å²) in [5.74, 6) is -0.565. The van der Waals surface area contributed by atoms with Crippen LogP contribution in [0, 0.1) is 0 Å². The number of thiazole rings is 1. The topological polar surface area (TPSA) is 80.1 Å². The summed E-state index contributed by atoms with van der Waals surface area (Å²) in [4.78, 5) is 30.3. The first-order chi connectivity index (χ1) is 14.3. The van der Waals surface area contributed by atoms with Gasteiger partial charge in [0.2, 0.25) is 0 Å². The van der Waals surface area contributed by atoms with E-state index >= 15 is 0 Å². The molecule has 3 aromatic rings. The maximum Gasteiger partial charge on any atom is 0.443 e. The van der Waals surface area contributed by atoms with E-state index in [2.05, 4.69) is 15.4 Å². The van der Waals surface area contributed by atoms with Crippen LogP contribution in [0.2, 0.25) is 0 Å². The molecule has 11 heteroatoms. The van der Waals surface area contributed by atoms with Crippen molar-refractivity contribution in [2.24, 2.45) is 0 Å². The molecule has 0 saturated heterocycles. The summed E-state index contributed by atoms with van der Waals surface area (Å²) in [7, 11) is 0. The zero-order chi connectivity index (χ0) is 21.5. The van der Waals surface area contributed by atoms with Crippen molar-refractivity contribution >= 4 is 29.0 Å². The Morgan fingerprint density at radius 1 is 1.30 bits per heavy atom. The van der Waals surface area contributed by atoms with E-state index in [0.29, 0.717) is 23.7 Å². The number of rotatable bonds is 4. The van der Waals surface area contributed by atoms with Crippen LogP contribution < -0.4 is 10.2 Å². The van der Waals surface area contributed by atoms with Gasteiger partial charge in [0, 0.05) is 23.9 Å². The summed E-state index contributed by atoms with van der Waals surface area (Å²) < 4.78 is 39.9. The molecule has 0 spiro atoms. The number of carbonyl (C=O) groups excluding carboxylic acids is 2. The molecule has 3 heterocycles. The zero-order valence-electron chi connectivity index (χ0n) is 15.7. The van der Waals surface area contributed by atoms with E-state index in [0.717, 1.165) is 16.6 Å². The number of nitrogens with one attached hydrogen (secondary N) is 1. The Kier molecular flexibility index (Phi) is 5.06. The van der Waals surface area contributed by atoms with Crippen LogP contribution in [-0.2, 0) is 17.4 Å². The molecule has 0 saturated carbocycles. The van der Waals surface area contributed by atoms with Gasteiger partial charge in [-0.1, -0.05) is 18.2 Å². The first kappa shape index (κ1) is 20.1. The molecule has 0 radical (unpaired) electrons. The summed E-state index contributed by atoms with van der Waals surface area (Å²) >= 11 is 0.337. The standard InChI is InChI=1S/C19H16F3N5O2S/c1-2-26-16-11(9-23-27(16)12-6-4-3-5-7-12)8-13(17(26)29)24-15(28)14-10-30-18(25-14)19(20,21)22/h3-7,9-10,13H,2,8H2,1H3,(H,24,28). The summed E-state index contributed by atoms with van der Waals surface area (Å²) in [6, 6.07) is 8.39. The van der Waals surface area contributed by atoms with E-state index in [1.165, 1.54) is 4.90 Å². The number of carbonyl (C=O) groups is 2. The number of halogens is 3. The average Bonchev–Trinajstić information content (AvgIpc) is 3.37. The van der Waals surface area contributed by atoms with Crippen molar-refractivity contribution in [3.63, 3.8) is 0 Å². The zero-order valence-corrected chi connectivity index (χ0v) is 16.5. The Morgan fingerprint density at radius 3 is 2.67 bits per heavy atom. The van der Waals surface area contributed by atoms with E-state index in [1.807, 2.05) is 30.3 Å². The predicted molar refractivity (Wildman–Crippen MR) is 104 cm³/mol. The van der Waals surface area contributed by atoms with Crippen LogP contribution in [0.1, 0.15) is 28.0 Å². The van der Waals surface area contributed by atoms with Gasteiger partial charge in [0.15, 0.2) is 5.01 Å². The van der Waals surface area contributed by atoms with Crippen LogP contribution in [0.15, 0.2) is 41.9 Å². The Bertz CT molecular complexity index is 1090. The van der Waals surface area contributed by atoms with Crippen LogP contribution in [0.25, 0.3) is 5.69 Å². The van der Waals surface area contributed by atoms with Crippen LogP contribution >= 0.6 is 11.3 Å². The van der Waals surface area contributed by atoms with E-state index in [4.69, 9.17) is 0 Å². The number of benzene rings is 1. The third-order valence-electron chi connectivity index (χ3n) is 4.66. The fourth-order valence-corrected chi connectivity index (χ4v) is 3.99. The second-order valence-electron chi connectivity index (χ2n) is 6.59. The molecule has 1 atom stereocenters. The minimum absolute atomic E-state index is 0.180. The van der Waals surface area contributed by atoms with Crippen molar-refractivity contribution in [2.75, 3.05) is 11.4 Å². The molecule has 1 aliphatic heterocycles. The number of amides is 2. The molecule has 2 aromatic heterocycles. The fraction of sp³-hybridized carbons (Fsp3) is 0.263. The molecule has 0 aliphatic carbocycles. The number of hydrogen-bond donors (Lipinski definition) is 1. The van der Waals surface area contributed by atoms with Crippen LogP contribution in [0.5, 0.6) is 0 Å². The highest BCUT2D eigenvalue weighted by Gasteiger charge is 2.38. The lowest BCUT2D eigenvalue weighted by Crippen LogP contribution is -2.53. The molecular formula is C19H16F3N5O2S. The van der Waals surface area contributed by atoms with Crippen LogP contribution in [0.4, 0.5) is 19.0 Å². The third kappa shape index (κ3) is 3.56. The minimum Gasteiger partial charge on any atom is -0.339 e. The quantitative estimate of drug-likeness (QED) is 0.683. The van der Waals surface area contributed by atoms with Gasteiger partial charge in [-0.25, -0.2) is 9.67 Å². The Balaban J connectivity index is 1.59. The number of alkyl halides is 3. The summed E-state index contributed by atoms with van der Waals surface area (Å²) in [5.41, 5.74) is 1.17. The molecule has 1 N–H and O–H groups in total. The Morgan fingerprint density at radius 2 is 2.03 bits per heavy atom. The molecule has 1 unspecified atom stereocenters. The lowest BCUT2D eigenvalue weighted by Gasteiger charge is -2.32. The molecule has 1 aromatic carbocycles. The van der Waals surface area contributed by atoms with E-state index < -0.39 is 23.1 Å². The fourth-order valence-electron chi connectivity index (χ4n) is 3.32. The summed E-state index contributed by atoms with van der Waals surface area (Å²) in [5, 5.41) is 6.81. The Hall–Kier alpha value is -3.21. The highest BCUT2D eigenvalue weighted by molar-refractivity contribution is 7.09. The highest BCUT2D eigenvalue weighted by atomic mass is 32.1. The molecule has 2 amide bonds. The van der Waals surface area contributed by atoms with Crippen molar-refractivity contribution in [1.82, 2.24) is 20.1 Å². The van der Waals surface area contributed by atoms with Gasteiger partial charge in [0.1, 0.15) is 17.6 Å². The van der Waals surface area contributed by atoms with Gasteiger partial charge in [-0.15, -0.1) is 11.3 Å². The number of fused-ring (bicyclic) bond motifs is 1. The van der Waals surface area contributed by atoms with Crippen molar-refractivity contribution in [2.45, 2.75) is 25.6 Å². The number of likely N-dealkylation sites (N-methyl/N-ethyl adjacent to an activating group) is 1. The van der Waals surface area contributed by atoms with E-state index in [1.54, 1.807) is 17.8 Å². The lowest BCUT2D eigenvalue weighted by molar-refractivity contribution is -0.137. The molecule has 0 bridgehead atoms. The molecule has 7 nitrogen and oxygen atoms in total. The SMILES string of the molecule is CCN1C(=O)C(NC(=O)c2csc(C(F)(F)F)n2)Cc2cnn(-c3ccccc3)c21. The summed E-state index contributed by atoms with van der Waals surface area (Å²) in [6.07, 6.45) is -2.81. The van der Waals surface area contributed by atoms with E-state index in [9.17, 15) is 22.8 Å². The van der Waals surface area contributed by atoms with Crippen LogP contribution in [-0.4, -0.2) is 39.2 Å². The van der Waals surface area contributed by atoms with Crippen molar-refractivity contribution in [3.8, 4) is 5.69 Å². The van der Waals surface area contributed by atoms with Gasteiger partial charge >= 0.3 is 6.18 Å². The summed E-state index contributed by atoms with van der Waals surface area (Å²) in [6.45, 7) is 2.13. The molecule has 156 valence electrons. The third-order valence-corrected chi connectivity index (χ3v) is 5.55. The second kappa shape index (κ2) is 7.56. The van der Waals surface area contributed by atoms with Crippen molar-refractivity contribution in [1.29, 1.82) is 0 Å². The number of aromatic nitrogens is 3. The molecule has 4 rings (SSSR count). The van der Waals surface area contributed by atoms with Crippen molar-refractivity contribution < 1.29 is 22.8 Å². The highest BCUT2D eigenvalue weighted by Crippen LogP contribution is 2.32. The Labute approximate surface area is 173 Å². The number of anilines is 1. The molecule has 1 aliphatic rings. The van der Waals surface area contributed by atoms with Gasteiger partial charge in [0.05, 0.1) is 11.9 Å². The maximum atomic E-state index is 13.0. The molecule has 0 fully saturated rings. The average molecular weight is 435 g/mol. The number of nitrogens with zero attached hydrogens (tertiary/aromatic N) is 4. The van der Waals surface area contributed by atoms with Gasteiger partial charge in [-0.05, 0) is 19.1 Å². The van der Waals surface area contributed by atoms with Gasteiger partial charge in [0.25, 0.3) is 11.8 Å². The number of hydrogen-bond acceptors (Lipinski definition) is 5. The second-order valence-corrected chi connectivity index (χ2v) is 7.45. The van der Waals surface area contributed by atoms with Crippen molar-refractivity contribution in [3.05, 3.63) is 58.2 Å². The molecule has 30 heavy (non-hydrogen) atoms. The smallest absolute Gasteiger partial charge is 0.339 e. The van der Waals surface area contributed by atoms with Gasteiger partial charge in [-0.3, -0.25) is 14.5 Å².